The van der Waals surface area contributed by atoms with Crippen molar-refractivity contribution in [2.75, 3.05) is 26.2 Å². The predicted molar refractivity (Wildman–Crippen MR) is 95.1 cm³/mol. The number of hydrogen-bond donors (Lipinski definition) is 0. The molecule has 0 spiro atoms. The number of hydrogen-bond acceptors (Lipinski definition) is 6. The fourth-order valence-corrected chi connectivity index (χ4v) is 6.71. The third-order valence-electron chi connectivity index (χ3n) is 5.08. The van der Waals surface area contributed by atoms with Gasteiger partial charge in [0, 0.05) is 44.0 Å². The molecule has 0 bridgehead atoms. The first-order valence-electron chi connectivity index (χ1n) is 8.56. The van der Waals surface area contributed by atoms with Gasteiger partial charge < -0.3 is 14.8 Å². The summed E-state index contributed by atoms with van der Waals surface area (Å²) in [4.78, 5) is 25.6. The lowest BCUT2D eigenvalue weighted by molar-refractivity contribution is -0.314. The van der Waals surface area contributed by atoms with E-state index in [-0.39, 0.29) is 36.3 Å². The van der Waals surface area contributed by atoms with E-state index in [0.717, 1.165) is 24.2 Å². The number of amides is 1. The van der Waals surface area contributed by atoms with E-state index in [1.54, 1.807) is 11.0 Å². The summed E-state index contributed by atoms with van der Waals surface area (Å²) in [6, 6.07) is 3.02. The third-order valence-corrected chi connectivity index (χ3v) is 8.68. The molecular formula is C16H20ClN2O5S2-. The second kappa shape index (κ2) is 7.84. The average molecular weight is 420 g/mol. The Morgan fingerprint density at radius 2 is 1.69 bits per heavy atom. The van der Waals surface area contributed by atoms with E-state index in [9.17, 15) is 23.1 Å². The molecule has 1 aliphatic carbocycles. The van der Waals surface area contributed by atoms with Crippen LogP contribution in [0.3, 0.4) is 0 Å². The first-order chi connectivity index (χ1) is 12.3. The number of nitrogens with zero attached hydrogens (tertiary/aromatic N) is 2. The van der Waals surface area contributed by atoms with Gasteiger partial charge in [0.1, 0.15) is 4.21 Å². The Morgan fingerprint density at radius 3 is 2.23 bits per heavy atom. The van der Waals surface area contributed by atoms with Crippen LogP contribution in [0.4, 0.5) is 0 Å². The highest BCUT2D eigenvalue weighted by Crippen LogP contribution is 2.32. The molecule has 1 aliphatic heterocycles. The van der Waals surface area contributed by atoms with Gasteiger partial charge in [-0.25, -0.2) is 8.42 Å². The number of halogens is 1. The fourth-order valence-electron chi connectivity index (χ4n) is 3.66. The van der Waals surface area contributed by atoms with Crippen LogP contribution in [-0.2, 0) is 19.6 Å². The largest absolute Gasteiger partial charge is 0.550 e. The van der Waals surface area contributed by atoms with Gasteiger partial charge in [0.2, 0.25) is 5.91 Å². The minimum absolute atomic E-state index is 0.187. The van der Waals surface area contributed by atoms with Crippen LogP contribution in [0.25, 0.3) is 0 Å². The van der Waals surface area contributed by atoms with Crippen LogP contribution in [0, 0.1) is 11.8 Å². The average Bonchev–Trinajstić information content (AvgIpc) is 3.08. The molecule has 0 N–H and O–H groups in total. The number of rotatable bonds is 4. The first kappa shape index (κ1) is 19.6. The van der Waals surface area contributed by atoms with Gasteiger partial charge in [-0.05, 0) is 25.0 Å². The number of aliphatic carboxylic acids is 1. The predicted octanol–water partition coefficient (Wildman–Crippen LogP) is 0.791. The van der Waals surface area contributed by atoms with E-state index in [1.807, 2.05) is 0 Å². The van der Waals surface area contributed by atoms with Crippen molar-refractivity contribution in [2.45, 2.75) is 29.9 Å². The number of carbonyl (C=O) groups is 2. The summed E-state index contributed by atoms with van der Waals surface area (Å²) in [5.74, 6) is -2.67. The van der Waals surface area contributed by atoms with Crippen LogP contribution < -0.4 is 5.11 Å². The molecule has 0 aromatic carbocycles. The summed E-state index contributed by atoms with van der Waals surface area (Å²) in [7, 11) is -3.61. The molecule has 2 fully saturated rings. The Bertz CT molecular complexity index is 786. The molecule has 2 heterocycles. The van der Waals surface area contributed by atoms with Crippen LogP contribution in [0.5, 0.6) is 0 Å². The molecule has 0 radical (unpaired) electrons. The fraction of sp³-hybridized carbons (Fsp3) is 0.625. The highest BCUT2D eigenvalue weighted by atomic mass is 35.5. The van der Waals surface area contributed by atoms with Crippen LogP contribution in [0.2, 0.25) is 4.34 Å². The molecule has 3 rings (SSSR count). The first-order valence-corrected chi connectivity index (χ1v) is 11.2. The molecule has 7 nitrogen and oxygen atoms in total. The minimum atomic E-state index is -3.61. The molecule has 144 valence electrons. The monoisotopic (exact) mass is 419 g/mol. The van der Waals surface area contributed by atoms with Crippen molar-refractivity contribution in [2.24, 2.45) is 11.8 Å². The molecule has 2 aliphatic rings. The summed E-state index contributed by atoms with van der Waals surface area (Å²) in [6.45, 7) is 0.888. The Morgan fingerprint density at radius 1 is 1.08 bits per heavy atom. The molecule has 0 unspecified atom stereocenters. The van der Waals surface area contributed by atoms with E-state index in [2.05, 4.69) is 0 Å². The van der Waals surface area contributed by atoms with Crippen LogP contribution in [-0.4, -0.2) is 55.7 Å². The Hall–Kier alpha value is -1.16. The van der Waals surface area contributed by atoms with Crippen molar-refractivity contribution in [3.63, 3.8) is 0 Å². The van der Waals surface area contributed by atoms with Crippen molar-refractivity contribution in [3.05, 3.63) is 16.5 Å². The van der Waals surface area contributed by atoms with Gasteiger partial charge in [-0.3, -0.25) is 4.79 Å². The van der Waals surface area contributed by atoms with Crippen molar-refractivity contribution < 1.29 is 23.1 Å². The molecular weight excluding hydrogens is 400 g/mol. The van der Waals surface area contributed by atoms with E-state index in [1.165, 1.54) is 10.4 Å². The molecule has 26 heavy (non-hydrogen) atoms. The lowest BCUT2D eigenvalue weighted by atomic mass is 9.78. The summed E-state index contributed by atoms with van der Waals surface area (Å²) < 4.78 is 27.2. The SMILES string of the molecule is O=C([O-])[C@H]1CCCC[C@H]1C(=O)N1CCN(S(=O)(=O)c2ccc(Cl)s2)CC1. The van der Waals surface area contributed by atoms with Crippen LogP contribution in [0.15, 0.2) is 16.3 Å². The van der Waals surface area contributed by atoms with Crippen molar-refractivity contribution in [3.8, 4) is 0 Å². The van der Waals surface area contributed by atoms with Crippen molar-refractivity contribution in [1.82, 2.24) is 9.21 Å². The number of thiophene rings is 1. The quantitative estimate of drug-likeness (QED) is 0.718. The zero-order chi connectivity index (χ0) is 18.9. The molecule has 10 heteroatoms. The van der Waals surface area contributed by atoms with Gasteiger partial charge in [0.05, 0.1) is 4.34 Å². The minimum Gasteiger partial charge on any atom is -0.550 e. The van der Waals surface area contributed by atoms with E-state index < -0.39 is 27.8 Å². The van der Waals surface area contributed by atoms with Gasteiger partial charge in [-0.2, -0.15) is 4.31 Å². The summed E-state index contributed by atoms with van der Waals surface area (Å²) in [6.07, 6.45) is 2.63. The lowest BCUT2D eigenvalue weighted by Crippen LogP contribution is -2.53. The molecule has 1 saturated heterocycles. The molecule has 1 saturated carbocycles. The normalized spacial score (nSPS) is 25.2. The van der Waals surface area contributed by atoms with Crippen molar-refractivity contribution >= 4 is 44.8 Å². The third kappa shape index (κ3) is 3.90. The second-order valence-electron chi connectivity index (χ2n) is 6.60. The van der Waals surface area contributed by atoms with E-state index in [4.69, 9.17) is 11.6 Å². The van der Waals surface area contributed by atoms with Gasteiger partial charge in [0.25, 0.3) is 10.0 Å². The second-order valence-corrected chi connectivity index (χ2v) is 10.5. The maximum atomic E-state index is 12.7. The lowest BCUT2D eigenvalue weighted by Gasteiger charge is -2.39. The van der Waals surface area contributed by atoms with Crippen LogP contribution in [0.1, 0.15) is 25.7 Å². The molecule has 2 atom stereocenters. The number of sulfonamides is 1. The summed E-state index contributed by atoms with van der Waals surface area (Å²) >= 11 is 6.83. The number of carboxylic acid groups (broad SMARTS) is 1. The Labute approximate surface area is 161 Å². The van der Waals surface area contributed by atoms with E-state index in [0.29, 0.717) is 17.2 Å². The smallest absolute Gasteiger partial charge is 0.252 e. The highest BCUT2D eigenvalue weighted by molar-refractivity contribution is 7.91. The van der Waals surface area contributed by atoms with Gasteiger partial charge in [-0.1, -0.05) is 24.4 Å². The zero-order valence-electron chi connectivity index (χ0n) is 14.1. The topological polar surface area (TPSA) is 97.8 Å². The molecule has 1 aromatic heterocycles. The highest BCUT2D eigenvalue weighted by Gasteiger charge is 2.37. The maximum absolute atomic E-state index is 12.7. The number of carboxylic acids is 1. The summed E-state index contributed by atoms with van der Waals surface area (Å²) in [5.41, 5.74) is 0. The van der Waals surface area contributed by atoms with E-state index >= 15 is 0 Å². The zero-order valence-corrected chi connectivity index (χ0v) is 16.5. The van der Waals surface area contributed by atoms with Gasteiger partial charge in [-0.15, -0.1) is 11.3 Å². The standard InChI is InChI=1S/C16H21ClN2O5S2/c17-13-5-6-14(25-13)26(23,24)19-9-7-18(8-10-19)15(20)11-3-1-2-4-12(11)16(21)22/h5-6,11-12H,1-4,7-10H2,(H,21,22)/p-1/t11-,12+/m1/s1. The van der Waals surface area contributed by atoms with Crippen LogP contribution >= 0.6 is 22.9 Å². The summed E-state index contributed by atoms with van der Waals surface area (Å²) in [5, 5.41) is 11.3. The van der Waals surface area contributed by atoms with Gasteiger partial charge in [0.15, 0.2) is 0 Å². The Kier molecular flexibility index (Phi) is 5.91. The molecule has 1 amide bonds. The molecule has 1 aromatic rings. The number of carbonyl (C=O) groups excluding carboxylic acids is 2. The van der Waals surface area contributed by atoms with Gasteiger partial charge >= 0.3 is 0 Å². The number of piperazine rings is 1. The Balaban J connectivity index is 1.64. The van der Waals surface area contributed by atoms with Crippen molar-refractivity contribution in [1.29, 1.82) is 0 Å². The maximum Gasteiger partial charge on any atom is 0.252 e.